The number of hydrogen-bond acceptors (Lipinski definition) is 7. The zero-order valence-electron chi connectivity index (χ0n) is 17.9. The standard InChI is InChI=1S/C19H34N4O5/c1-18(2,3)7-9-28-17(25)20-13-15-14-23(22-21-15)8-10-26-11-12-27-16(24)19(4,5)6/h14H,7-13H2,1-6H3,(H,20,25). The molecule has 9 nitrogen and oxygen atoms in total. The molecule has 0 aliphatic carbocycles. The van der Waals surface area contributed by atoms with E-state index in [0.29, 0.717) is 32.1 Å². The van der Waals surface area contributed by atoms with Crippen LogP contribution in [0.2, 0.25) is 0 Å². The molecule has 1 amide bonds. The number of rotatable bonds is 10. The van der Waals surface area contributed by atoms with Gasteiger partial charge in [-0.3, -0.25) is 4.79 Å². The van der Waals surface area contributed by atoms with Gasteiger partial charge in [0, 0.05) is 0 Å². The Labute approximate surface area is 167 Å². The van der Waals surface area contributed by atoms with Gasteiger partial charge in [0.05, 0.1) is 44.5 Å². The van der Waals surface area contributed by atoms with E-state index in [2.05, 4.69) is 36.4 Å². The molecule has 1 heterocycles. The van der Waals surface area contributed by atoms with E-state index >= 15 is 0 Å². The molecule has 1 aromatic heterocycles. The Morgan fingerprint density at radius 3 is 2.39 bits per heavy atom. The summed E-state index contributed by atoms with van der Waals surface area (Å²) < 4.78 is 17.3. The lowest BCUT2D eigenvalue weighted by Gasteiger charge is -2.17. The lowest BCUT2D eigenvalue weighted by molar-refractivity contribution is -0.154. The van der Waals surface area contributed by atoms with Crippen molar-refractivity contribution in [1.29, 1.82) is 0 Å². The predicted octanol–water partition coefficient (Wildman–Crippen LogP) is 2.55. The maximum Gasteiger partial charge on any atom is 0.407 e. The highest BCUT2D eigenvalue weighted by atomic mass is 16.6. The third-order valence-corrected chi connectivity index (χ3v) is 3.62. The zero-order chi connectivity index (χ0) is 21.2. The molecule has 1 aromatic rings. The van der Waals surface area contributed by atoms with Crippen molar-refractivity contribution in [2.45, 2.75) is 61.1 Å². The molecule has 0 radical (unpaired) electrons. The number of hydrogen-bond donors (Lipinski definition) is 1. The molecule has 9 heteroatoms. The number of alkyl carbamates (subject to hydrolysis) is 1. The Bertz CT molecular complexity index is 617. The summed E-state index contributed by atoms with van der Waals surface area (Å²) in [5, 5.41) is 10.6. The summed E-state index contributed by atoms with van der Waals surface area (Å²) in [5.41, 5.74) is 0.246. The lowest BCUT2D eigenvalue weighted by atomic mass is 9.93. The average molecular weight is 399 g/mol. The maximum atomic E-state index is 11.6. The van der Waals surface area contributed by atoms with Gasteiger partial charge in [-0.15, -0.1) is 5.10 Å². The Balaban J connectivity index is 2.14. The van der Waals surface area contributed by atoms with E-state index in [1.165, 1.54) is 0 Å². The topological polar surface area (TPSA) is 105 Å². The maximum absolute atomic E-state index is 11.6. The number of esters is 1. The fourth-order valence-electron chi connectivity index (χ4n) is 1.86. The summed E-state index contributed by atoms with van der Waals surface area (Å²) in [6.45, 7) is 13.8. The van der Waals surface area contributed by atoms with E-state index in [1.807, 2.05) is 0 Å². The minimum Gasteiger partial charge on any atom is -0.463 e. The first-order valence-electron chi connectivity index (χ1n) is 9.52. The van der Waals surface area contributed by atoms with Crippen LogP contribution in [-0.2, 0) is 32.1 Å². The normalized spacial score (nSPS) is 11.9. The predicted molar refractivity (Wildman–Crippen MR) is 104 cm³/mol. The molecule has 0 saturated carbocycles. The minimum absolute atomic E-state index is 0.124. The van der Waals surface area contributed by atoms with Crippen molar-refractivity contribution in [3.8, 4) is 0 Å². The number of nitrogens with zero attached hydrogens (tertiary/aromatic N) is 3. The van der Waals surface area contributed by atoms with Gasteiger partial charge in [-0.2, -0.15) is 0 Å². The molecule has 0 spiro atoms. The summed E-state index contributed by atoms with van der Waals surface area (Å²) in [5.74, 6) is -0.249. The van der Waals surface area contributed by atoms with Gasteiger partial charge in [0.15, 0.2) is 0 Å². The fraction of sp³-hybridized carbons (Fsp3) is 0.789. The molecule has 0 aliphatic rings. The van der Waals surface area contributed by atoms with E-state index in [0.717, 1.165) is 6.42 Å². The third-order valence-electron chi connectivity index (χ3n) is 3.62. The highest BCUT2D eigenvalue weighted by Gasteiger charge is 2.22. The van der Waals surface area contributed by atoms with Crippen molar-refractivity contribution in [3.05, 3.63) is 11.9 Å². The van der Waals surface area contributed by atoms with Crippen LogP contribution in [0.1, 0.15) is 53.7 Å². The molecule has 0 fully saturated rings. The Hall–Kier alpha value is -2.16. The summed E-state index contributed by atoms with van der Waals surface area (Å²) in [6.07, 6.45) is 2.07. The quantitative estimate of drug-likeness (QED) is 0.477. The van der Waals surface area contributed by atoms with Crippen LogP contribution in [0.3, 0.4) is 0 Å². The third kappa shape index (κ3) is 10.9. The summed E-state index contributed by atoms with van der Waals surface area (Å²) >= 11 is 0. The molecule has 0 aliphatic heterocycles. The summed E-state index contributed by atoms with van der Waals surface area (Å²) in [4.78, 5) is 23.2. The fourth-order valence-corrected chi connectivity index (χ4v) is 1.86. The zero-order valence-corrected chi connectivity index (χ0v) is 17.9. The van der Waals surface area contributed by atoms with Gasteiger partial charge in [0.2, 0.25) is 0 Å². The Kier molecular flexibility index (Phi) is 9.37. The van der Waals surface area contributed by atoms with Crippen LogP contribution >= 0.6 is 0 Å². The van der Waals surface area contributed by atoms with Crippen molar-refractivity contribution < 1.29 is 23.8 Å². The summed E-state index contributed by atoms with van der Waals surface area (Å²) in [7, 11) is 0. The second-order valence-corrected chi connectivity index (χ2v) is 8.77. The van der Waals surface area contributed by atoms with Crippen molar-refractivity contribution in [3.63, 3.8) is 0 Å². The van der Waals surface area contributed by atoms with Gasteiger partial charge >= 0.3 is 12.1 Å². The highest BCUT2D eigenvalue weighted by Crippen LogP contribution is 2.17. The van der Waals surface area contributed by atoms with E-state index in [1.54, 1.807) is 31.6 Å². The second-order valence-electron chi connectivity index (χ2n) is 8.77. The van der Waals surface area contributed by atoms with E-state index in [4.69, 9.17) is 14.2 Å². The van der Waals surface area contributed by atoms with Gasteiger partial charge in [-0.25, -0.2) is 9.48 Å². The molecule has 0 aromatic carbocycles. The number of ether oxygens (including phenoxy) is 3. The van der Waals surface area contributed by atoms with Crippen molar-refractivity contribution in [2.24, 2.45) is 10.8 Å². The van der Waals surface area contributed by atoms with Crippen molar-refractivity contribution >= 4 is 12.1 Å². The first-order chi connectivity index (χ1) is 13.0. The van der Waals surface area contributed by atoms with Crippen molar-refractivity contribution in [2.75, 3.05) is 26.4 Å². The Morgan fingerprint density at radius 1 is 1.04 bits per heavy atom. The molecule has 0 unspecified atom stereocenters. The van der Waals surface area contributed by atoms with Gasteiger partial charge in [0.1, 0.15) is 12.3 Å². The first-order valence-corrected chi connectivity index (χ1v) is 9.52. The van der Waals surface area contributed by atoms with E-state index in [-0.39, 0.29) is 24.5 Å². The van der Waals surface area contributed by atoms with Crippen LogP contribution in [0.4, 0.5) is 4.79 Å². The highest BCUT2D eigenvalue weighted by molar-refractivity contribution is 5.75. The van der Waals surface area contributed by atoms with E-state index in [9.17, 15) is 9.59 Å². The smallest absolute Gasteiger partial charge is 0.407 e. The second kappa shape index (κ2) is 11.0. The van der Waals surface area contributed by atoms with Crippen LogP contribution in [0, 0.1) is 10.8 Å². The van der Waals surface area contributed by atoms with Crippen molar-refractivity contribution in [1.82, 2.24) is 20.3 Å². The molecule has 0 atom stereocenters. The molecular weight excluding hydrogens is 364 g/mol. The number of amides is 1. The summed E-state index contributed by atoms with van der Waals surface area (Å²) in [6, 6.07) is 0. The number of carbonyl (C=O) groups excluding carboxylic acids is 2. The number of nitrogens with one attached hydrogen (secondary N) is 1. The van der Waals surface area contributed by atoms with Gasteiger partial charge < -0.3 is 19.5 Å². The van der Waals surface area contributed by atoms with Crippen LogP contribution in [-0.4, -0.2) is 53.5 Å². The SMILES string of the molecule is CC(C)(C)CCOC(=O)NCc1cn(CCOCCOC(=O)C(C)(C)C)nn1. The van der Waals surface area contributed by atoms with Crippen LogP contribution in [0.15, 0.2) is 6.20 Å². The van der Waals surface area contributed by atoms with E-state index < -0.39 is 11.5 Å². The first kappa shape index (κ1) is 23.9. The molecule has 160 valence electrons. The van der Waals surface area contributed by atoms with Gasteiger partial charge in [-0.05, 0) is 32.6 Å². The van der Waals surface area contributed by atoms with Crippen LogP contribution in [0.5, 0.6) is 0 Å². The average Bonchev–Trinajstić information content (AvgIpc) is 3.01. The molecule has 1 rings (SSSR count). The lowest BCUT2D eigenvalue weighted by Crippen LogP contribution is -2.25. The molecule has 0 bridgehead atoms. The molecule has 1 N–H and O–H groups in total. The molecular formula is C19H34N4O5. The largest absolute Gasteiger partial charge is 0.463 e. The number of aromatic nitrogens is 3. The van der Waals surface area contributed by atoms with Gasteiger partial charge in [-0.1, -0.05) is 26.0 Å². The van der Waals surface area contributed by atoms with Crippen LogP contribution < -0.4 is 5.32 Å². The van der Waals surface area contributed by atoms with Gasteiger partial charge in [0.25, 0.3) is 0 Å². The van der Waals surface area contributed by atoms with Crippen LogP contribution in [0.25, 0.3) is 0 Å². The monoisotopic (exact) mass is 398 g/mol. The number of carbonyl (C=O) groups is 2. The molecule has 0 saturated heterocycles. The minimum atomic E-state index is -0.510. The molecule has 28 heavy (non-hydrogen) atoms. The Morgan fingerprint density at radius 2 is 1.75 bits per heavy atom.